The summed E-state index contributed by atoms with van der Waals surface area (Å²) in [4.78, 5) is 30.4. The van der Waals surface area contributed by atoms with Crippen molar-refractivity contribution >= 4 is 16.7 Å². The molecule has 2 heterocycles. The van der Waals surface area contributed by atoms with E-state index in [9.17, 15) is 14.9 Å². The van der Waals surface area contributed by atoms with Crippen LogP contribution in [0.25, 0.3) is 16.7 Å². The average molecular weight is 271 g/mol. The summed E-state index contributed by atoms with van der Waals surface area (Å²) in [6.07, 6.45) is 1.46. The number of nitro groups is 1. The molecule has 0 aliphatic heterocycles. The normalized spacial score (nSPS) is 10.8. The highest BCUT2D eigenvalue weighted by molar-refractivity contribution is 5.73. The smallest absolute Gasteiger partial charge is 0.273 e. The number of fused-ring (bicyclic) bond motifs is 1. The van der Waals surface area contributed by atoms with Gasteiger partial charge >= 0.3 is 0 Å². The lowest BCUT2D eigenvalue weighted by molar-refractivity contribution is -0.384. The van der Waals surface area contributed by atoms with Crippen molar-refractivity contribution in [1.29, 1.82) is 0 Å². The van der Waals surface area contributed by atoms with Gasteiger partial charge in [-0.05, 0) is 19.1 Å². The first-order chi connectivity index (χ1) is 9.56. The van der Waals surface area contributed by atoms with Crippen molar-refractivity contribution in [3.8, 4) is 5.69 Å². The van der Waals surface area contributed by atoms with E-state index in [1.165, 1.54) is 35.1 Å². The average Bonchev–Trinajstić information content (AvgIpc) is 2.75. The molecule has 0 radical (unpaired) electrons. The first-order valence-electron chi connectivity index (χ1n) is 5.75. The Bertz CT molecular complexity index is 863. The molecule has 0 aliphatic rings. The number of non-ortho nitro benzene ring substituents is 1. The Hall–Kier alpha value is -3.03. The van der Waals surface area contributed by atoms with E-state index in [0.29, 0.717) is 22.5 Å². The Morgan fingerprint density at radius 1 is 1.30 bits per heavy atom. The second-order valence-electron chi connectivity index (χ2n) is 4.21. The number of aromatic nitrogens is 4. The second-order valence-corrected chi connectivity index (χ2v) is 4.21. The molecule has 0 bridgehead atoms. The monoisotopic (exact) mass is 271 g/mol. The van der Waals surface area contributed by atoms with Gasteiger partial charge in [-0.3, -0.25) is 20.0 Å². The topological polar surface area (TPSA) is 107 Å². The summed E-state index contributed by atoms with van der Waals surface area (Å²) in [6.45, 7) is 1.72. The summed E-state index contributed by atoms with van der Waals surface area (Å²) in [5, 5.41) is 13.8. The molecule has 0 spiro atoms. The zero-order valence-electron chi connectivity index (χ0n) is 10.4. The Balaban J connectivity index is 2.16. The van der Waals surface area contributed by atoms with E-state index in [4.69, 9.17) is 0 Å². The molecule has 8 heteroatoms. The molecule has 2 aromatic heterocycles. The number of hydrogen-bond acceptors (Lipinski definition) is 5. The number of nitrogens with zero attached hydrogens (tertiary/aromatic N) is 4. The van der Waals surface area contributed by atoms with Crippen molar-refractivity contribution in [2.75, 3.05) is 0 Å². The molecule has 0 aliphatic carbocycles. The summed E-state index contributed by atoms with van der Waals surface area (Å²) in [7, 11) is 0. The van der Waals surface area contributed by atoms with E-state index < -0.39 is 4.92 Å². The zero-order valence-corrected chi connectivity index (χ0v) is 10.4. The van der Waals surface area contributed by atoms with Gasteiger partial charge in [0, 0.05) is 18.3 Å². The molecule has 0 unspecified atom stereocenters. The number of hydrogen-bond donors (Lipinski definition) is 1. The van der Waals surface area contributed by atoms with Crippen LogP contribution in [0.3, 0.4) is 0 Å². The van der Waals surface area contributed by atoms with Gasteiger partial charge < -0.3 is 0 Å². The van der Waals surface area contributed by atoms with E-state index in [1.807, 2.05) is 0 Å². The molecular weight excluding hydrogens is 262 g/mol. The van der Waals surface area contributed by atoms with E-state index in [2.05, 4.69) is 15.1 Å². The van der Waals surface area contributed by atoms with Crippen LogP contribution in [0, 0.1) is 17.0 Å². The summed E-state index contributed by atoms with van der Waals surface area (Å²) in [5.41, 5.74) is 0.597. The summed E-state index contributed by atoms with van der Waals surface area (Å²) in [5.74, 6) is 0.551. The lowest BCUT2D eigenvalue weighted by Crippen LogP contribution is -2.14. The maximum atomic E-state index is 12.2. The number of benzene rings is 1. The molecule has 20 heavy (non-hydrogen) atoms. The van der Waals surface area contributed by atoms with Crippen LogP contribution in [-0.4, -0.2) is 24.7 Å². The van der Waals surface area contributed by atoms with Crippen LogP contribution in [0.2, 0.25) is 0 Å². The van der Waals surface area contributed by atoms with Crippen LogP contribution in [0.1, 0.15) is 5.82 Å². The van der Waals surface area contributed by atoms with E-state index >= 15 is 0 Å². The predicted octanol–water partition coefficient (Wildman–Crippen LogP) is 1.33. The quantitative estimate of drug-likeness (QED) is 0.558. The second kappa shape index (κ2) is 4.26. The van der Waals surface area contributed by atoms with E-state index in [1.54, 1.807) is 6.92 Å². The van der Waals surface area contributed by atoms with Crippen molar-refractivity contribution in [1.82, 2.24) is 19.7 Å². The van der Waals surface area contributed by atoms with Gasteiger partial charge in [-0.1, -0.05) is 0 Å². The van der Waals surface area contributed by atoms with Crippen LogP contribution >= 0.6 is 0 Å². The van der Waals surface area contributed by atoms with Crippen molar-refractivity contribution in [2.24, 2.45) is 0 Å². The Morgan fingerprint density at radius 3 is 2.65 bits per heavy atom. The molecular formula is C12H9N5O3. The van der Waals surface area contributed by atoms with Crippen LogP contribution < -0.4 is 5.56 Å². The maximum absolute atomic E-state index is 12.2. The number of rotatable bonds is 2. The molecule has 8 nitrogen and oxygen atoms in total. The highest BCUT2D eigenvalue weighted by Crippen LogP contribution is 2.14. The van der Waals surface area contributed by atoms with Gasteiger partial charge in [0.05, 0.1) is 10.6 Å². The summed E-state index contributed by atoms with van der Waals surface area (Å²) in [6, 6.07) is 5.67. The molecule has 0 saturated carbocycles. The molecule has 0 fully saturated rings. The standard InChI is InChI=1S/C12H9N5O3/c1-7-13-6-10-11(14-7)15-16(12(10)18)8-2-4-9(5-3-8)17(19)20/h2-6H,1H3,(H,13,14,15). The highest BCUT2D eigenvalue weighted by atomic mass is 16.6. The Morgan fingerprint density at radius 2 is 2.00 bits per heavy atom. The SMILES string of the molecule is Cc1ncc2c(=O)n(-c3ccc([N+](=O)[O-])cc3)[nH]c2n1. The number of nitro benzene ring substituents is 1. The molecule has 1 N–H and O–H groups in total. The molecule has 1 aromatic carbocycles. The fourth-order valence-corrected chi connectivity index (χ4v) is 1.89. The van der Waals surface area contributed by atoms with Gasteiger partial charge in [0.25, 0.3) is 11.2 Å². The lowest BCUT2D eigenvalue weighted by Gasteiger charge is -1.99. The Labute approximate surface area is 111 Å². The molecule has 0 amide bonds. The summed E-state index contributed by atoms with van der Waals surface area (Å²) >= 11 is 0. The van der Waals surface area contributed by atoms with Gasteiger partial charge in [0.1, 0.15) is 11.2 Å². The number of H-pyrrole nitrogens is 1. The third-order valence-electron chi connectivity index (χ3n) is 2.88. The maximum Gasteiger partial charge on any atom is 0.282 e. The van der Waals surface area contributed by atoms with Crippen molar-refractivity contribution < 1.29 is 4.92 Å². The Kier molecular flexibility index (Phi) is 2.56. The fourth-order valence-electron chi connectivity index (χ4n) is 1.89. The number of aromatic amines is 1. The minimum atomic E-state index is -0.493. The van der Waals surface area contributed by atoms with Gasteiger partial charge in [0.15, 0.2) is 5.65 Å². The van der Waals surface area contributed by atoms with Crippen molar-refractivity contribution in [3.63, 3.8) is 0 Å². The van der Waals surface area contributed by atoms with Crippen molar-refractivity contribution in [3.05, 3.63) is 56.8 Å². The minimum absolute atomic E-state index is 0.0338. The van der Waals surface area contributed by atoms with Crippen molar-refractivity contribution in [2.45, 2.75) is 6.92 Å². The largest absolute Gasteiger partial charge is 0.282 e. The summed E-state index contributed by atoms with van der Waals surface area (Å²) < 4.78 is 1.28. The molecule has 3 aromatic rings. The number of nitrogens with one attached hydrogen (secondary N) is 1. The minimum Gasteiger partial charge on any atom is -0.273 e. The van der Waals surface area contributed by atoms with Gasteiger partial charge in [0.2, 0.25) is 0 Å². The molecule has 0 saturated heterocycles. The van der Waals surface area contributed by atoms with Gasteiger partial charge in [-0.2, -0.15) is 0 Å². The first kappa shape index (κ1) is 12.0. The zero-order chi connectivity index (χ0) is 14.3. The van der Waals surface area contributed by atoms with Gasteiger partial charge in [-0.25, -0.2) is 14.6 Å². The van der Waals surface area contributed by atoms with E-state index in [0.717, 1.165) is 0 Å². The number of aryl methyl sites for hydroxylation is 1. The fraction of sp³-hybridized carbons (Fsp3) is 0.0833. The van der Waals surface area contributed by atoms with Gasteiger partial charge in [-0.15, -0.1) is 0 Å². The third kappa shape index (κ3) is 1.83. The lowest BCUT2D eigenvalue weighted by atomic mass is 10.3. The van der Waals surface area contributed by atoms with Crippen LogP contribution in [0.15, 0.2) is 35.3 Å². The highest BCUT2D eigenvalue weighted by Gasteiger charge is 2.11. The van der Waals surface area contributed by atoms with Crippen LogP contribution in [0.4, 0.5) is 5.69 Å². The predicted molar refractivity (Wildman–Crippen MR) is 70.9 cm³/mol. The van der Waals surface area contributed by atoms with E-state index in [-0.39, 0.29) is 11.2 Å². The molecule has 3 rings (SSSR count). The van der Waals surface area contributed by atoms with Crippen LogP contribution in [0.5, 0.6) is 0 Å². The molecule has 0 atom stereocenters. The molecule has 100 valence electrons. The first-order valence-corrected chi connectivity index (χ1v) is 5.75. The van der Waals surface area contributed by atoms with Crippen LogP contribution in [-0.2, 0) is 0 Å². The third-order valence-corrected chi connectivity index (χ3v) is 2.88.